The van der Waals surface area contributed by atoms with Crippen molar-refractivity contribution in [1.29, 1.82) is 0 Å². The Morgan fingerprint density at radius 1 is 1.40 bits per heavy atom. The smallest absolute Gasteiger partial charge is 0.335 e. The quantitative estimate of drug-likeness (QED) is 0.884. The molecule has 1 aromatic rings. The summed E-state index contributed by atoms with van der Waals surface area (Å²) >= 11 is 0. The highest BCUT2D eigenvalue weighted by atomic mass is 16.5. The zero-order chi connectivity index (χ0) is 14.5. The number of nitrogens with zero attached hydrogens (tertiary/aromatic N) is 1. The molecule has 1 N–H and O–H groups in total. The van der Waals surface area contributed by atoms with Crippen LogP contribution in [0.5, 0.6) is 11.5 Å². The molecular formula is C14H19NO5. The minimum absolute atomic E-state index is 0.187. The monoisotopic (exact) mass is 281 g/mol. The van der Waals surface area contributed by atoms with Gasteiger partial charge in [0, 0.05) is 13.1 Å². The van der Waals surface area contributed by atoms with E-state index in [1.807, 2.05) is 6.92 Å². The number of carboxylic acid groups (broad SMARTS) is 1. The molecule has 1 fully saturated rings. The standard InChI is InChI=1S/C14H19NO5/c1-3-20-13-11(15-4-6-19-7-5-15)8-10(14(16)17)9-12(13)18-2/h8-9H,3-7H2,1-2H3,(H,16,17). The topological polar surface area (TPSA) is 68.2 Å². The number of anilines is 1. The van der Waals surface area contributed by atoms with Crippen LogP contribution < -0.4 is 14.4 Å². The number of hydrogen-bond donors (Lipinski definition) is 1. The van der Waals surface area contributed by atoms with Gasteiger partial charge in [-0.25, -0.2) is 4.79 Å². The van der Waals surface area contributed by atoms with Crippen molar-refractivity contribution in [2.45, 2.75) is 6.92 Å². The number of hydrogen-bond acceptors (Lipinski definition) is 5. The molecule has 0 bridgehead atoms. The first-order valence-electron chi connectivity index (χ1n) is 6.58. The van der Waals surface area contributed by atoms with Crippen LogP contribution in [0.1, 0.15) is 17.3 Å². The number of aromatic carboxylic acids is 1. The minimum atomic E-state index is -0.985. The van der Waals surface area contributed by atoms with E-state index >= 15 is 0 Å². The number of carbonyl (C=O) groups is 1. The molecule has 0 unspecified atom stereocenters. The van der Waals surface area contributed by atoms with E-state index in [1.54, 1.807) is 6.07 Å². The fraction of sp³-hybridized carbons (Fsp3) is 0.500. The van der Waals surface area contributed by atoms with Crippen LogP contribution in [-0.2, 0) is 4.74 Å². The summed E-state index contributed by atoms with van der Waals surface area (Å²) in [5.74, 6) is 0.0380. The van der Waals surface area contributed by atoms with Crippen molar-refractivity contribution in [2.75, 3.05) is 44.9 Å². The molecule has 0 spiro atoms. The van der Waals surface area contributed by atoms with Crippen LogP contribution in [0, 0.1) is 0 Å². The van der Waals surface area contributed by atoms with Crippen LogP contribution >= 0.6 is 0 Å². The van der Waals surface area contributed by atoms with Gasteiger partial charge in [-0.3, -0.25) is 0 Å². The molecule has 6 nitrogen and oxygen atoms in total. The third-order valence-corrected chi connectivity index (χ3v) is 3.14. The van der Waals surface area contributed by atoms with Crippen LogP contribution in [0.25, 0.3) is 0 Å². The molecule has 1 aliphatic rings. The molecule has 0 aliphatic carbocycles. The maximum Gasteiger partial charge on any atom is 0.335 e. The summed E-state index contributed by atoms with van der Waals surface area (Å²) in [6.45, 7) is 5.00. The first kappa shape index (κ1) is 14.5. The average molecular weight is 281 g/mol. The number of carboxylic acids is 1. The second kappa shape index (κ2) is 6.47. The Balaban J connectivity index is 2.48. The van der Waals surface area contributed by atoms with Crippen molar-refractivity contribution < 1.29 is 24.1 Å². The zero-order valence-corrected chi connectivity index (χ0v) is 11.7. The second-order valence-corrected chi connectivity index (χ2v) is 4.36. The van der Waals surface area contributed by atoms with Gasteiger partial charge in [0.25, 0.3) is 0 Å². The van der Waals surface area contributed by atoms with E-state index in [0.717, 1.165) is 5.69 Å². The summed E-state index contributed by atoms with van der Waals surface area (Å²) in [6, 6.07) is 3.11. The fourth-order valence-electron chi connectivity index (χ4n) is 2.19. The van der Waals surface area contributed by atoms with E-state index in [4.69, 9.17) is 14.2 Å². The lowest BCUT2D eigenvalue weighted by molar-refractivity contribution is 0.0696. The highest BCUT2D eigenvalue weighted by Gasteiger charge is 2.22. The average Bonchev–Trinajstić information content (AvgIpc) is 2.48. The number of rotatable bonds is 5. The molecule has 1 aliphatic heterocycles. The highest BCUT2D eigenvalue weighted by Crippen LogP contribution is 2.39. The molecule has 0 aromatic heterocycles. The second-order valence-electron chi connectivity index (χ2n) is 4.36. The molecule has 0 saturated carbocycles. The van der Waals surface area contributed by atoms with E-state index < -0.39 is 5.97 Å². The van der Waals surface area contributed by atoms with Gasteiger partial charge in [0.15, 0.2) is 11.5 Å². The van der Waals surface area contributed by atoms with E-state index in [0.29, 0.717) is 44.4 Å². The summed E-state index contributed by atoms with van der Waals surface area (Å²) in [7, 11) is 1.51. The largest absolute Gasteiger partial charge is 0.493 e. The van der Waals surface area contributed by atoms with E-state index in [2.05, 4.69) is 4.90 Å². The van der Waals surface area contributed by atoms with Gasteiger partial charge in [0.2, 0.25) is 0 Å². The van der Waals surface area contributed by atoms with E-state index in [1.165, 1.54) is 13.2 Å². The molecule has 0 radical (unpaired) electrons. The third kappa shape index (κ3) is 2.96. The molecule has 0 amide bonds. The molecule has 1 saturated heterocycles. The lowest BCUT2D eigenvalue weighted by atomic mass is 10.1. The predicted octanol–water partition coefficient (Wildman–Crippen LogP) is 1.63. The number of morpholine rings is 1. The lowest BCUT2D eigenvalue weighted by Crippen LogP contribution is -2.36. The Morgan fingerprint density at radius 2 is 2.10 bits per heavy atom. The minimum Gasteiger partial charge on any atom is -0.493 e. The number of benzene rings is 1. The lowest BCUT2D eigenvalue weighted by Gasteiger charge is -2.31. The molecule has 110 valence electrons. The maximum atomic E-state index is 11.2. The first-order valence-corrected chi connectivity index (χ1v) is 6.58. The highest BCUT2D eigenvalue weighted by molar-refractivity contribution is 5.91. The summed E-state index contributed by atoms with van der Waals surface area (Å²) < 4.78 is 16.2. The van der Waals surface area contributed by atoms with Crippen LogP contribution in [0.3, 0.4) is 0 Å². The Hall–Kier alpha value is -1.95. The van der Waals surface area contributed by atoms with Gasteiger partial charge < -0.3 is 24.2 Å². The van der Waals surface area contributed by atoms with E-state index in [-0.39, 0.29) is 5.56 Å². The Labute approximate surface area is 117 Å². The molecule has 2 rings (SSSR count). The Morgan fingerprint density at radius 3 is 2.65 bits per heavy atom. The van der Waals surface area contributed by atoms with Crippen LogP contribution in [0.15, 0.2) is 12.1 Å². The molecule has 0 atom stereocenters. The Kier molecular flexibility index (Phi) is 4.68. The summed E-state index contributed by atoms with van der Waals surface area (Å²) in [5, 5.41) is 9.21. The van der Waals surface area contributed by atoms with Crippen LogP contribution in [0.2, 0.25) is 0 Å². The van der Waals surface area contributed by atoms with Gasteiger partial charge in [-0.2, -0.15) is 0 Å². The van der Waals surface area contributed by atoms with Crippen molar-refractivity contribution in [3.05, 3.63) is 17.7 Å². The third-order valence-electron chi connectivity index (χ3n) is 3.14. The van der Waals surface area contributed by atoms with Crippen molar-refractivity contribution in [1.82, 2.24) is 0 Å². The predicted molar refractivity (Wildman–Crippen MR) is 74.2 cm³/mol. The molecule has 6 heteroatoms. The van der Waals surface area contributed by atoms with E-state index in [9.17, 15) is 9.90 Å². The molecular weight excluding hydrogens is 262 g/mol. The van der Waals surface area contributed by atoms with Gasteiger partial charge in [-0.15, -0.1) is 0 Å². The number of ether oxygens (including phenoxy) is 3. The first-order chi connectivity index (χ1) is 9.67. The van der Waals surface area contributed by atoms with Gasteiger partial charge in [-0.1, -0.05) is 0 Å². The zero-order valence-electron chi connectivity index (χ0n) is 11.7. The van der Waals surface area contributed by atoms with Crippen LogP contribution in [-0.4, -0.2) is 51.1 Å². The normalized spacial score (nSPS) is 15.0. The fourth-order valence-corrected chi connectivity index (χ4v) is 2.19. The summed E-state index contributed by atoms with van der Waals surface area (Å²) in [6.07, 6.45) is 0. The summed E-state index contributed by atoms with van der Waals surface area (Å²) in [4.78, 5) is 13.3. The SMILES string of the molecule is CCOc1c(OC)cc(C(=O)O)cc1N1CCOCC1. The van der Waals surface area contributed by atoms with Gasteiger partial charge >= 0.3 is 5.97 Å². The molecule has 20 heavy (non-hydrogen) atoms. The maximum absolute atomic E-state index is 11.2. The Bertz CT molecular complexity index is 483. The van der Waals surface area contributed by atoms with Crippen molar-refractivity contribution in [3.63, 3.8) is 0 Å². The van der Waals surface area contributed by atoms with Gasteiger partial charge in [0.1, 0.15) is 0 Å². The summed E-state index contributed by atoms with van der Waals surface area (Å²) in [5.41, 5.74) is 0.929. The molecule has 1 aromatic carbocycles. The van der Waals surface area contributed by atoms with Gasteiger partial charge in [0.05, 0.1) is 38.2 Å². The van der Waals surface area contributed by atoms with Crippen LogP contribution in [0.4, 0.5) is 5.69 Å². The van der Waals surface area contributed by atoms with Crippen molar-refractivity contribution >= 4 is 11.7 Å². The molecule has 1 heterocycles. The number of methoxy groups -OCH3 is 1. The van der Waals surface area contributed by atoms with Crippen molar-refractivity contribution in [3.8, 4) is 11.5 Å². The van der Waals surface area contributed by atoms with Gasteiger partial charge in [-0.05, 0) is 19.1 Å². The van der Waals surface area contributed by atoms with Crippen molar-refractivity contribution in [2.24, 2.45) is 0 Å².